The summed E-state index contributed by atoms with van der Waals surface area (Å²) >= 11 is 0. The third-order valence-electron chi connectivity index (χ3n) is 0.512. The molecule has 2 amide bonds. The largest absolute Gasteiger partial charge is 0.464 e. The Balaban J connectivity index is 4.22. The van der Waals surface area contributed by atoms with Gasteiger partial charge in [0.25, 0.3) is 0 Å². The average molecular weight is 129 g/mol. The van der Waals surface area contributed by atoms with Crippen molar-refractivity contribution in [2.75, 3.05) is 0 Å². The Morgan fingerprint density at radius 3 is 1.67 bits per heavy atom. The number of hydrogen-bond acceptors (Lipinski definition) is 2. The van der Waals surface area contributed by atoms with Gasteiger partial charge >= 0.3 is 12.2 Å². The highest BCUT2D eigenvalue weighted by atomic mass is 16.4. The van der Waals surface area contributed by atoms with Crippen LogP contribution in [0.3, 0.4) is 0 Å². The van der Waals surface area contributed by atoms with Gasteiger partial charge in [-0.2, -0.15) is 0 Å². The molecule has 0 unspecified atom stereocenters. The summed E-state index contributed by atoms with van der Waals surface area (Å²) < 4.78 is 0. The Labute approximate surface area is 50.5 Å². The Morgan fingerprint density at radius 2 is 1.67 bits per heavy atom. The molecule has 0 aromatic rings. The summed E-state index contributed by atoms with van der Waals surface area (Å²) in [6, 6.07) is 1.44. The fourth-order valence-corrected chi connectivity index (χ4v) is 0.192. The van der Waals surface area contributed by atoms with E-state index in [9.17, 15) is 9.59 Å². The van der Waals surface area contributed by atoms with E-state index in [4.69, 9.17) is 10.2 Å². The molecule has 5 heteroatoms. The highest BCUT2D eigenvalue weighted by molar-refractivity contribution is 5.87. The zero-order valence-electron chi connectivity index (χ0n) is 4.24. The van der Waals surface area contributed by atoms with Crippen LogP contribution in [-0.4, -0.2) is 27.3 Å². The second kappa shape index (κ2) is 2.57. The van der Waals surface area contributed by atoms with Gasteiger partial charge in [0, 0.05) is 6.04 Å². The second-order valence-electron chi connectivity index (χ2n) is 1.03. The van der Waals surface area contributed by atoms with Crippen molar-refractivity contribution in [1.82, 2.24) is 4.90 Å². The van der Waals surface area contributed by atoms with Gasteiger partial charge in [0.05, 0.1) is 0 Å². The van der Waals surface area contributed by atoms with Crippen LogP contribution in [0.5, 0.6) is 0 Å². The number of imide groups is 1. The molecule has 0 spiro atoms. The summed E-state index contributed by atoms with van der Waals surface area (Å²) in [5.74, 6) is 0. The molecule has 0 aromatic heterocycles. The highest BCUT2D eigenvalue weighted by Gasteiger charge is 2.15. The van der Waals surface area contributed by atoms with Crippen LogP contribution in [0.4, 0.5) is 9.59 Å². The van der Waals surface area contributed by atoms with E-state index in [-0.39, 0.29) is 4.90 Å². The van der Waals surface area contributed by atoms with E-state index < -0.39 is 12.2 Å². The molecule has 0 bridgehead atoms. The van der Waals surface area contributed by atoms with Gasteiger partial charge in [-0.25, -0.2) is 9.59 Å². The standard InChI is InChI=1S/C4H3NO4/c1-2-5(3(6)7)4(8)9/h1H,(H,6,7)(H,8,9). The van der Waals surface area contributed by atoms with Crippen molar-refractivity contribution >= 4 is 12.2 Å². The van der Waals surface area contributed by atoms with Crippen LogP contribution in [0.25, 0.3) is 0 Å². The number of amides is 2. The summed E-state index contributed by atoms with van der Waals surface area (Å²) in [5.41, 5.74) is 0. The van der Waals surface area contributed by atoms with Crippen LogP contribution in [0.15, 0.2) is 0 Å². The average Bonchev–Trinajstić information content (AvgIpc) is 1.64. The third kappa shape index (κ3) is 1.69. The maximum Gasteiger partial charge on any atom is 0.429 e. The maximum atomic E-state index is 9.77. The second-order valence-corrected chi connectivity index (χ2v) is 1.03. The lowest BCUT2D eigenvalue weighted by Crippen LogP contribution is -2.29. The van der Waals surface area contributed by atoms with Gasteiger partial charge in [0.1, 0.15) is 0 Å². The molecule has 2 N–H and O–H groups in total. The summed E-state index contributed by atoms with van der Waals surface area (Å²) in [6.07, 6.45) is 1.14. The molecular weight excluding hydrogens is 126 g/mol. The number of rotatable bonds is 0. The van der Waals surface area contributed by atoms with Crippen LogP contribution >= 0.6 is 0 Å². The highest BCUT2D eigenvalue weighted by Crippen LogP contribution is 1.85. The first kappa shape index (κ1) is 7.30. The number of terminal acetylenes is 1. The summed E-state index contributed by atoms with van der Waals surface area (Å²) in [7, 11) is 0. The van der Waals surface area contributed by atoms with E-state index in [2.05, 4.69) is 6.42 Å². The first-order valence-corrected chi connectivity index (χ1v) is 1.81. The minimum atomic E-state index is -1.68. The lowest BCUT2D eigenvalue weighted by atomic mass is 10.8. The smallest absolute Gasteiger partial charge is 0.429 e. The molecule has 0 saturated carbocycles. The Kier molecular flexibility index (Phi) is 2.08. The Hall–Kier alpha value is -1.70. The topological polar surface area (TPSA) is 77.8 Å². The molecule has 0 saturated heterocycles. The minimum Gasteiger partial charge on any atom is -0.464 e. The minimum absolute atomic E-state index is 0.181. The predicted molar refractivity (Wildman–Crippen MR) is 26.7 cm³/mol. The molecule has 0 heterocycles. The van der Waals surface area contributed by atoms with Crippen LogP contribution in [0.1, 0.15) is 0 Å². The van der Waals surface area contributed by atoms with Crippen molar-refractivity contribution in [2.24, 2.45) is 0 Å². The van der Waals surface area contributed by atoms with E-state index >= 15 is 0 Å². The van der Waals surface area contributed by atoms with Gasteiger partial charge in [-0.1, -0.05) is 6.42 Å². The van der Waals surface area contributed by atoms with Gasteiger partial charge in [-0.15, -0.1) is 4.90 Å². The van der Waals surface area contributed by atoms with E-state index in [1.807, 2.05) is 0 Å². The first-order chi connectivity index (χ1) is 4.09. The summed E-state index contributed by atoms with van der Waals surface area (Å²) in [4.78, 5) is 19.4. The van der Waals surface area contributed by atoms with Crippen molar-refractivity contribution in [3.8, 4) is 12.5 Å². The molecule has 5 nitrogen and oxygen atoms in total. The van der Waals surface area contributed by atoms with Crippen molar-refractivity contribution in [2.45, 2.75) is 0 Å². The Morgan fingerprint density at radius 1 is 1.33 bits per heavy atom. The molecule has 0 aliphatic heterocycles. The van der Waals surface area contributed by atoms with E-state index in [1.165, 1.54) is 6.04 Å². The molecule has 0 aliphatic rings. The molecule has 0 radical (unpaired) electrons. The van der Waals surface area contributed by atoms with Crippen molar-refractivity contribution < 1.29 is 19.8 Å². The van der Waals surface area contributed by atoms with Gasteiger partial charge in [0.2, 0.25) is 0 Å². The molecule has 48 valence electrons. The molecule has 0 aromatic carbocycles. The zero-order valence-corrected chi connectivity index (χ0v) is 4.24. The summed E-state index contributed by atoms with van der Waals surface area (Å²) in [6.45, 7) is 0. The molecular formula is C4H3NO4. The zero-order chi connectivity index (χ0) is 7.44. The molecule has 0 fully saturated rings. The van der Waals surface area contributed by atoms with Gasteiger partial charge in [-0.05, 0) is 0 Å². The molecule has 0 aliphatic carbocycles. The number of carboxylic acid groups (broad SMARTS) is 2. The SMILES string of the molecule is C#CN(C(=O)O)C(=O)O. The lowest BCUT2D eigenvalue weighted by Gasteiger charge is -2.00. The predicted octanol–water partition coefficient (Wildman–Crippen LogP) is 0.235. The summed E-state index contributed by atoms with van der Waals surface area (Å²) in [5, 5.41) is 15.9. The monoisotopic (exact) mass is 129 g/mol. The third-order valence-corrected chi connectivity index (χ3v) is 0.512. The molecule has 0 rings (SSSR count). The fraction of sp³-hybridized carbons (Fsp3) is 0. The Bertz CT molecular complexity index is 165. The van der Waals surface area contributed by atoms with Crippen molar-refractivity contribution in [1.29, 1.82) is 0 Å². The van der Waals surface area contributed by atoms with Gasteiger partial charge < -0.3 is 10.2 Å². The normalized spacial score (nSPS) is 7.44. The van der Waals surface area contributed by atoms with E-state index in [0.717, 1.165) is 0 Å². The number of carbonyl (C=O) groups is 2. The van der Waals surface area contributed by atoms with E-state index in [1.54, 1.807) is 0 Å². The van der Waals surface area contributed by atoms with Gasteiger partial charge in [0.15, 0.2) is 0 Å². The first-order valence-electron chi connectivity index (χ1n) is 1.81. The van der Waals surface area contributed by atoms with Crippen LogP contribution in [0.2, 0.25) is 0 Å². The number of hydrogen-bond donors (Lipinski definition) is 2. The molecule has 9 heavy (non-hydrogen) atoms. The van der Waals surface area contributed by atoms with Crippen molar-refractivity contribution in [3.05, 3.63) is 0 Å². The van der Waals surface area contributed by atoms with E-state index in [0.29, 0.717) is 0 Å². The fourth-order valence-electron chi connectivity index (χ4n) is 0.192. The molecule has 0 atom stereocenters. The van der Waals surface area contributed by atoms with Crippen molar-refractivity contribution in [3.63, 3.8) is 0 Å². The lowest BCUT2D eigenvalue weighted by molar-refractivity contribution is 0.142. The maximum absolute atomic E-state index is 9.77. The quantitative estimate of drug-likeness (QED) is 0.362. The van der Waals surface area contributed by atoms with Gasteiger partial charge in [-0.3, -0.25) is 0 Å². The number of nitrogens with zero attached hydrogens (tertiary/aromatic N) is 1. The van der Waals surface area contributed by atoms with Crippen LogP contribution < -0.4 is 0 Å². The van der Waals surface area contributed by atoms with Crippen LogP contribution in [0, 0.1) is 12.5 Å². The van der Waals surface area contributed by atoms with Crippen LogP contribution in [-0.2, 0) is 0 Å².